The van der Waals surface area contributed by atoms with Gasteiger partial charge in [0.05, 0.1) is 0 Å². The van der Waals surface area contributed by atoms with E-state index >= 15 is 0 Å². The summed E-state index contributed by atoms with van der Waals surface area (Å²) in [5.74, 6) is 0. The molecule has 20 heavy (non-hydrogen) atoms. The molecule has 0 bridgehead atoms. The summed E-state index contributed by atoms with van der Waals surface area (Å²) in [6, 6.07) is 0. The standard InChI is InChI=1S/C4H7Br2Cl2O4P.C2H8NO2PS/c1-10-13(9,11-2)12-3(5)4(6,7)8;1-5-6(3,4)7-2/h3H,1-2H3;1-2H3,(H2,3,4). The Balaban J connectivity index is 0. The quantitative estimate of drug-likeness (QED) is 0.380. The van der Waals surface area contributed by atoms with E-state index in [-0.39, 0.29) is 0 Å². The summed E-state index contributed by atoms with van der Waals surface area (Å²) in [4.78, 5) is 0. The van der Waals surface area contributed by atoms with Gasteiger partial charge < -0.3 is 4.52 Å². The zero-order chi connectivity index (χ0) is 16.6. The molecule has 0 aromatic heterocycles. The van der Waals surface area contributed by atoms with Crippen LogP contribution in [-0.2, 0) is 27.2 Å². The zero-order valence-electron chi connectivity index (χ0n) is 10.9. The van der Waals surface area contributed by atoms with Crippen LogP contribution in [-0.4, -0.2) is 35.8 Å². The van der Waals surface area contributed by atoms with Gasteiger partial charge >= 0.3 is 14.5 Å². The first-order valence-electron chi connectivity index (χ1n) is 4.48. The van der Waals surface area contributed by atoms with E-state index < -0.39 is 22.8 Å². The van der Waals surface area contributed by atoms with Gasteiger partial charge in [-0.25, -0.2) is 4.57 Å². The summed E-state index contributed by atoms with van der Waals surface area (Å²) in [5, 5.41) is -0.936. The smallest absolute Gasteiger partial charge is 0.313 e. The molecule has 2 N–H and O–H groups in total. The van der Waals surface area contributed by atoms with E-state index in [2.05, 4.69) is 45.4 Å². The molecule has 0 rings (SSSR count). The highest BCUT2D eigenvalue weighted by molar-refractivity contribution is 9.13. The Labute approximate surface area is 149 Å². The van der Waals surface area contributed by atoms with Crippen LogP contribution in [0, 0.1) is 0 Å². The lowest BCUT2D eigenvalue weighted by molar-refractivity contribution is 0.146. The Kier molecular flexibility index (Phi) is 13.2. The van der Waals surface area contributed by atoms with Gasteiger partial charge in [0, 0.05) is 21.3 Å². The third-order valence-corrected chi connectivity index (χ3v) is 8.91. The van der Waals surface area contributed by atoms with E-state index in [0.29, 0.717) is 0 Å². The summed E-state index contributed by atoms with van der Waals surface area (Å²) in [6.07, 6.45) is 1.64. The van der Waals surface area contributed by atoms with Gasteiger partial charge in [0.1, 0.15) is 0 Å². The number of hydrogen-bond donors (Lipinski definition) is 1. The first-order chi connectivity index (χ1) is 8.87. The Morgan fingerprint density at radius 2 is 1.60 bits per heavy atom. The van der Waals surface area contributed by atoms with Crippen molar-refractivity contribution in [3.8, 4) is 0 Å². The molecule has 0 fully saturated rings. The molecule has 0 spiro atoms. The highest BCUT2D eigenvalue weighted by Gasteiger charge is 2.38. The van der Waals surface area contributed by atoms with Crippen LogP contribution >= 0.6 is 81.0 Å². The lowest BCUT2D eigenvalue weighted by atomic mass is 10.9. The second-order valence-corrected chi connectivity index (χ2v) is 13.3. The van der Waals surface area contributed by atoms with Gasteiger partial charge in [-0.05, 0) is 22.2 Å². The maximum Gasteiger partial charge on any atom is 0.475 e. The molecule has 0 aromatic carbocycles. The summed E-state index contributed by atoms with van der Waals surface area (Å²) < 4.78 is 38.6. The normalized spacial score (nSPS) is 16.9. The number of nitrogens with two attached hydrogens (primary N) is 1. The third kappa shape index (κ3) is 11.7. The van der Waals surface area contributed by atoms with E-state index in [1.807, 2.05) is 0 Å². The van der Waals surface area contributed by atoms with Crippen LogP contribution in [0.15, 0.2) is 0 Å². The first kappa shape index (κ1) is 24.4. The summed E-state index contributed by atoms with van der Waals surface area (Å²) >= 11 is 18.0. The Morgan fingerprint density at radius 1 is 1.20 bits per heavy atom. The molecule has 2 unspecified atom stereocenters. The Hall–Kier alpha value is 2.15. The van der Waals surface area contributed by atoms with Crippen molar-refractivity contribution in [1.82, 2.24) is 0 Å². The van der Waals surface area contributed by atoms with Gasteiger partial charge in [-0.15, -0.1) is 0 Å². The number of rotatable bonds is 7. The topological polar surface area (TPSA) is 97.1 Å². The minimum Gasteiger partial charge on any atom is -0.313 e. The van der Waals surface area contributed by atoms with E-state index in [1.54, 1.807) is 6.26 Å². The molecule has 0 aliphatic carbocycles. The van der Waals surface area contributed by atoms with Gasteiger partial charge in [0.2, 0.25) is 3.24 Å². The van der Waals surface area contributed by atoms with Crippen LogP contribution in [0.1, 0.15) is 0 Å². The second-order valence-electron chi connectivity index (χ2n) is 2.68. The average Bonchev–Trinajstić information content (AvgIpc) is 2.38. The molecule has 7 nitrogen and oxygen atoms in total. The molecule has 0 saturated carbocycles. The number of phosphoric acid groups is 1. The molecule has 124 valence electrons. The van der Waals surface area contributed by atoms with Gasteiger partial charge in [0.15, 0.2) is 5.01 Å². The highest BCUT2D eigenvalue weighted by atomic mass is 79.9. The second kappa shape index (κ2) is 10.8. The predicted molar refractivity (Wildman–Crippen MR) is 91.1 cm³/mol. The molecule has 14 heteroatoms. The largest absolute Gasteiger partial charge is 0.475 e. The van der Waals surface area contributed by atoms with Crippen molar-refractivity contribution >= 4 is 81.0 Å². The van der Waals surface area contributed by atoms with Crippen molar-refractivity contribution in [3.05, 3.63) is 0 Å². The maximum atomic E-state index is 11.4. The fraction of sp³-hybridized carbons (Fsp3) is 1.00. The van der Waals surface area contributed by atoms with Crippen LogP contribution < -0.4 is 5.50 Å². The molecule has 0 aliphatic rings. The van der Waals surface area contributed by atoms with Crippen molar-refractivity contribution in [2.45, 2.75) is 8.26 Å². The predicted octanol–water partition coefficient (Wildman–Crippen LogP) is 4.71. The fourth-order valence-electron chi connectivity index (χ4n) is 0.408. The minimum absolute atomic E-state index is 0.936. The van der Waals surface area contributed by atoms with Gasteiger partial charge in [-0.2, -0.15) is 0 Å². The Morgan fingerprint density at radius 3 is 1.75 bits per heavy atom. The van der Waals surface area contributed by atoms with Gasteiger partial charge in [-0.1, -0.05) is 50.5 Å². The van der Waals surface area contributed by atoms with Crippen molar-refractivity contribution in [3.63, 3.8) is 0 Å². The molecule has 0 radical (unpaired) electrons. The molecule has 0 aromatic rings. The fourth-order valence-corrected chi connectivity index (χ4v) is 2.78. The van der Waals surface area contributed by atoms with Crippen LogP contribution in [0.4, 0.5) is 0 Å². The lowest BCUT2D eigenvalue weighted by Gasteiger charge is -2.22. The highest BCUT2D eigenvalue weighted by Crippen LogP contribution is 2.53. The van der Waals surface area contributed by atoms with Crippen molar-refractivity contribution in [1.29, 1.82) is 0 Å². The molecule has 0 heterocycles. The third-order valence-electron chi connectivity index (χ3n) is 1.44. The monoisotopic (exact) mass is 519 g/mol. The average molecular weight is 522 g/mol. The molecule has 0 aliphatic heterocycles. The van der Waals surface area contributed by atoms with Gasteiger partial charge in [0.25, 0.3) is 0 Å². The van der Waals surface area contributed by atoms with Crippen LogP contribution in [0.25, 0.3) is 0 Å². The molecular formula is C6H15Br2Cl2NO6P2S. The zero-order valence-corrected chi connectivity index (χ0v) is 18.2. The van der Waals surface area contributed by atoms with Crippen LogP contribution in [0.3, 0.4) is 0 Å². The van der Waals surface area contributed by atoms with E-state index in [0.717, 1.165) is 11.4 Å². The van der Waals surface area contributed by atoms with E-state index in [9.17, 15) is 9.13 Å². The number of hydrogen-bond acceptors (Lipinski definition) is 7. The van der Waals surface area contributed by atoms with Gasteiger partial charge in [-0.3, -0.25) is 23.6 Å². The lowest BCUT2D eigenvalue weighted by Crippen LogP contribution is -2.21. The summed E-state index contributed by atoms with van der Waals surface area (Å²) in [6.45, 7) is -2.74. The maximum absolute atomic E-state index is 11.4. The Bertz CT molecular complexity index is 358. The minimum atomic E-state index is -3.58. The van der Waals surface area contributed by atoms with Crippen LogP contribution in [0.2, 0.25) is 0 Å². The summed E-state index contributed by atoms with van der Waals surface area (Å²) in [7, 11) is 0.117. The number of halogens is 4. The summed E-state index contributed by atoms with van der Waals surface area (Å²) in [5.41, 5.74) is 5.01. The SMILES string of the molecule is COP(=O)(OC)OC(Br)C(Cl)(Cl)Br.COP(N)(=O)SC. The number of alkyl halides is 4. The first-order valence-corrected chi connectivity index (χ1v) is 11.9. The van der Waals surface area contributed by atoms with Crippen molar-refractivity contribution < 1.29 is 27.2 Å². The van der Waals surface area contributed by atoms with Crippen molar-refractivity contribution in [2.75, 3.05) is 27.6 Å². The van der Waals surface area contributed by atoms with Crippen LogP contribution in [0.5, 0.6) is 0 Å². The molecule has 2 atom stereocenters. The molecule has 0 saturated heterocycles. The molecule has 0 amide bonds. The van der Waals surface area contributed by atoms with E-state index in [4.69, 9.17) is 33.2 Å². The van der Waals surface area contributed by atoms with Crippen molar-refractivity contribution in [2.24, 2.45) is 5.50 Å². The molecular weight excluding hydrogens is 507 g/mol. The number of phosphoric ester groups is 1. The van der Waals surface area contributed by atoms with E-state index in [1.165, 1.54) is 21.3 Å².